The summed E-state index contributed by atoms with van der Waals surface area (Å²) >= 11 is 1.59. The Morgan fingerprint density at radius 2 is 2.00 bits per heavy atom. The highest BCUT2D eigenvalue weighted by molar-refractivity contribution is 7.99. The zero-order valence-corrected chi connectivity index (χ0v) is 7.61. The second kappa shape index (κ2) is 5.57. The SMILES string of the molecule is CCN(CC)C(C#N)SC. The molecule has 0 aromatic heterocycles. The van der Waals surface area contributed by atoms with E-state index in [1.165, 1.54) is 0 Å². The molecule has 2 nitrogen and oxygen atoms in total. The van der Waals surface area contributed by atoms with Crippen molar-refractivity contribution in [1.29, 1.82) is 5.26 Å². The lowest BCUT2D eigenvalue weighted by Crippen LogP contribution is -2.31. The first kappa shape index (κ1) is 9.80. The van der Waals surface area contributed by atoms with Crippen LogP contribution in [0.25, 0.3) is 0 Å². The van der Waals surface area contributed by atoms with Gasteiger partial charge in [0, 0.05) is 0 Å². The van der Waals surface area contributed by atoms with E-state index in [9.17, 15) is 0 Å². The molecule has 3 heteroatoms. The third-order valence-electron chi connectivity index (χ3n) is 1.48. The van der Waals surface area contributed by atoms with Crippen LogP contribution in [-0.2, 0) is 0 Å². The van der Waals surface area contributed by atoms with Gasteiger partial charge in [-0.2, -0.15) is 5.26 Å². The standard InChI is InChI=1S/C7H14N2S/c1-4-9(5-2)7(6-8)10-3/h7H,4-5H2,1-3H3. The van der Waals surface area contributed by atoms with E-state index in [0.717, 1.165) is 13.1 Å². The molecule has 0 spiro atoms. The number of nitrogens with zero attached hydrogens (tertiary/aromatic N) is 2. The van der Waals surface area contributed by atoms with E-state index in [1.54, 1.807) is 11.8 Å². The van der Waals surface area contributed by atoms with Crippen LogP contribution >= 0.6 is 11.8 Å². The molecule has 0 rings (SSSR count). The molecule has 0 bridgehead atoms. The molecular weight excluding hydrogens is 144 g/mol. The Hall–Kier alpha value is -0.200. The Bertz CT molecular complexity index is 115. The molecule has 58 valence electrons. The first-order chi connectivity index (χ1) is 4.79. The Morgan fingerprint density at radius 1 is 1.50 bits per heavy atom. The first-order valence-electron chi connectivity index (χ1n) is 3.46. The quantitative estimate of drug-likeness (QED) is 0.581. The topological polar surface area (TPSA) is 27.0 Å². The normalized spacial score (nSPS) is 13.1. The van der Waals surface area contributed by atoms with Gasteiger partial charge < -0.3 is 0 Å². The smallest absolute Gasteiger partial charge is 0.144 e. The number of nitriles is 1. The van der Waals surface area contributed by atoms with Gasteiger partial charge in [0.2, 0.25) is 0 Å². The van der Waals surface area contributed by atoms with Gasteiger partial charge in [-0.05, 0) is 19.3 Å². The summed E-state index contributed by atoms with van der Waals surface area (Å²) in [5, 5.41) is 8.68. The van der Waals surface area contributed by atoms with Crippen molar-refractivity contribution >= 4 is 11.8 Å². The number of hydrogen-bond donors (Lipinski definition) is 0. The third-order valence-corrected chi connectivity index (χ3v) is 2.33. The van der Waals surface area contributed by atoms with Gasteiger partial charge in [-0.1, -0.05) is 13.8 Å². The van der Waals surface area contributed by atoms with Crippen LogP contribution < -0.4 is 0 Å². The van der Waals surface area contributed by atoms with E-state index in [4.69, 9.17) is 5.26 Å². The Morgan fingerprint density at radius 3 is 2.10 bits per heavy atom. The number of thioether (sulfide) groups is 1. The fraction of sp³-hybridized carbons (Fsp3) is 0.857. The predicted molar refractivity (Wildman–Crippen MR) is 45.8 cm³/mol. The van der Waals surface area contributed by atoms with E-state index >= 15 is 0 Å². The molecule has 0 aromatic carbocycles. The highest BCUT2D eigenvalue weighted by Crippen LogP contribution is 2.09. The molecule has 0 aromatic rings. The van der Waals surface area contributed by atoms with Gasteiger partial charge in [-0.25, -0.2) is 0 Å². The molecule has 0 heterocycles. The van der Waals surface area contributed by atoms with Crippen molar-refractivity contribution in [2.75, 3.05) is 19.3 Å². The zero-order valence-electron chi connectivity index (χ0n) is 6.79. The summed E-state index contributed by atoms with van der Waals surface area (Å²) in [6.45, 7) is 6.05. The summed E-state index contributed by atoms with van der Waals surface area (Å²) in [4.78, 5) is 2.13. The molecular formula is C7H14N2S. The lowest BCUT2D eigenvalue weighted by Gasteiger charge is -2.21. The van der Waals surface area contributed by atoms with Crippen molar-refractivity contribution < 1.29 is 0 Å². The lowest BCUT2D eigenvalue weighted by atomic mass is 10.5. The maximum absolute atomic E-state index is 8.65. The summed E-state index contributed by atoms with van der Waals surface area (Å²) in [5.74, 6) is 0. The van der Waals surface area contributed by atoms with Gasteiger partial charge in [-0.15, -0.1) is 11.8 Å². The van der Waals surface area contributed by atoms with Crippen LogP contribution in [0.1, 0.15) is 13.8 Å². The summed E-state index contributed by atoms with van der Waals surface area (Å²) in [5.41, 5.74) is 0. The van der Waals surface area contributed by atoms with Gasteiger partial charge in [-0.3, -0.25) is 4.90 Å². The van der Waals surface area contributed by atoms with E-state index < -0.39 is 0 Å². The molecule has 0 saturated heterocycles. The van der Waals surface area contributed by atoms with E-state index in [1.807, 2.05) is 6.26 Å². The summed E-state index contributed by atoms with van der Waals surface area (Å²) in [6, 6.07) is 2.24. The van der Waals surface area contributed by atoms with Crippen molar-refractivity contribution in [3.63, 3.8) is 0 Å². The fourth-order valence-corrected chi connectivity index (χ4v) is 1.54. The molecule has 0 saturated carbocycles. The van der Waals surface area contributed by atoms with Gasteiger partial charge in [0.15, 0.2) is 0 Å². The summed E-state index contributed by atoms with van der Waals surface area (Å²) in [7, 11) is 0. The number of rotatable bonds is 4. The molecule has 0 aliphatic heterocycles. The van der Waals surface area contributed by atoms with Gasteiger partial charge >= 0.3 is 0 Å². The van der Waals surface area contributed by atoms with Crippen LogP contribution in [-0.4, -0.2) is 29.6 Å². The second-order valence-corrected chi connectivity index (χ2v) is 2.86. The maximum Gasteiger partial charge on any atom is 0.144 e. The molecule has 0 radical (unpaired) electrons. The monoisotopic (exact) mass is 158 g/mol. The van der Waals surface area contributed by atoms with E-state index in [2.05, 4.69) is 24.8 Å². The van der Waals surface area contributed by atoms with Crippen molar-refractivity contribution in [3.05, 3.63) is 0 Å². The van der Waals surface area contributed by atoms with Gasteiger partial charge in [0.25, 0.3) is 0 Å². The highest BCUT2D eigenvalue weighted by atomic mass is 32.2. The maximum atomic E-state index is 8.65. The van der Waals surface area contributed by atoms with Crippen LogP contribution in [0.4, 0.5) is 0 Å². The van der Waals surface area contributed by atoms with Gasteiger partial charge in [0.1, 0.15) is 5.37 Å². The molecule has 10 heavy (non-hydrogen) atoms. The minimum atomic E-state index is 0.0370. The molecule has 1 unspecified atom stereocenters. The van der Waals surface area contributed by atoms with E-state index in [0.29, 0.717) is 0 Å². The van der Waals surface area contributed by atoms with Crippen LogP contribution in [0.15, 0.2) is 0 Å². The van der Waals surface area contributed by atoms with Gasteiger partial charge in [0.05, 0.1) is 6.07 Å². The fourth-order valence-electron chi connectivity index (χ4n) is 0.839. The zero-order chi connectivity index (χ0) is 7.98. The van der Waals surface area contributed by atoms with E-state index in [-0.39, 0.29) is 5.37 Å². The molecule has 0 aliphatic rings. The molecule has 0 fully saturated rings. The average Bonchev–Trinajstić information content (AvgIpc) is 2.00. The van der Waals surface area contributed by atoms with Crippen LogP contribution in [0.5, 0.6) is 0 Å². The molecule has 0 aliphatic carbocycles. The largest absolute Gasteiger partial charge is 0.280 e. The van der Waals surface area contributed by atoms with Crippen molar-refractivity contribution in [3.8, 4) is 6.07 Å². The Labute approximate surface area is 67.2 Å². The highest BCUT2D eigenvalue weighted by Gasteiger charge is 2.11. The number of hydrogen-bond acceptors (Lipinski definition) is 3. The Balaban J connectivity index is 3.85. The first-order valence-corrected chi connectivity index (χ1v) is 4.75. The van der Waals surface area contributed by atoms with Crippen LogP contribution in [0, 0.1) is 11.3 Å². The summed E-state index contributed by atoms with van der Waals surface area (Å²) < 4.78 is 0. The minimum absolute atomic E-state index is 0.0370. The molecule has 0 N–H and O–H groups in total. The van der Waals surface area contributed by atoms with Crippen LogP contribution in [0.2, 0.25) is 0 Å². The van der Waals surface area contributed by atoms with Crippen molar-refractivity contribution in [2.45, 2.75) is 19.2 Å². The lowest BCUT2D eigenvalue weighted by molar-refractivity contribution is 0.320. The predicted octanol–water partition coefficient (Wildman–Crippen LogP) is 1.54. The summed E-state index contributed by atoms with van der Waals surface area (Å²) in [6.07, 6.45) is 1.96. The molecule has 0 amide bonds. The second-order valence-electron chi connectivity index (χ2n) is 1.94. The van der Waals surface area contributed by atoms with Crippen molar-refractivity contribution in [2.24, 2.45) is 0 Å². The van der Waals surface area contributed by atoms with Crippen LogP contribution in [0.3, 0.4) is 0 Å². The van der Waals surface area contributed by atoms with Crippen molar-refractivity contribution in [1.82, 2.24) is 4.90 Å². The third kappa shape index (κ3) is 2.59. The Kier molecular flexibility index (Phi) is 5.46. The average molecular weight is 158 g/mol. The molecule has 1 atom stereocenters. The minimum Gasteiger partial charge on any atom is -0.280 e.